The Morgan fingerprint density at radius 2 is 1.59 bits per heavy atom. The van der Waals surface area contributed by atoms with Crippen LogP contribution in [0.1, 0.15) is 20.7 Å². The highest BCUT2D eigenvalue weighted by Gasteiger charge is 2.22. The number of anilines is 3. The van der Waals surface area contributed by atoms with Crippen molar-refractivity contribution >= 4 is 46.2 Å². The number of ether oxygens (including phenoxy) is 1. The third kappa shape index (κ3) is 5.51. The first-order valence-corrected chi connectivity index (χ1v) is 10.9. The lowest BCUT2D eigenvalue weighted by Gasteiger charge is -2.30. The van der Waals surface area contributed by atoms with Crippen molar-refractivity contribution in [2.75, 3.05) is 41.8 Å². The number of nitrogens with one attached hydrogen (secondary N) is 2. The lowest BCUT2D eigenvalue weighted by atomic mass is 10.1. The molecule has 0 aliphatic carbocycles. The van der Waals surface area contributed by atoms with E-state index >= 15 is 0 Å². The minimum absolute atomic E-state index is 0.176. The van der Waals surface area contributed by atoms with Gasteiger partial charge in [0.15, 0.2) is 0 Å². The topological polar surface area (TPSA) is 114 Å². The molecule has 2 amide bonds. The fraction of sp³-hybridized carbons (Fsp3) is 0.167. The SMILES string of the molecule is O=C(Nc1cccc(NC(=O)c2cc([N+](=O)[O-])ccc2N2CCOCC2)c1)c1cccc(Cl)c1. The minimum atomic E-state index is -0.536. The molecule has 1 heterocycles. The largest absolute Gasteiger partial charge is 0.378 e. The number of carbonyl (C=O) groups is 2. The first-order chi connectivity index (χ1) is 16.4. The number of non-ortho nitro benzene ring substituents is 1. The van der Waals surface area contributed by atoms with Crippen LogP contribution in [-0.2, 0) is 4.74 Å². The molecule has 1 aliphatic rings. The molecule has 0 radical (unpaired) electrons. The maximum Gasteiger partial charge on any atom is 0.270 e. The van der Waals surface area contributed by atoms with Gasteiger partial charge in [-0.05, 0) is 42.5 Å². The second-order valence-electron chi connectivity index (χ2n) is 7.56. The normalized spacial score (nSPS) is 13.3. The number of carbonyl (C=O) groups excluding carboxylic acids is 2. The molecule has 1 fully saturated rings. The van der Waals surface area contributed by atoms with Crippen molar-refractivity contribution in [3.8, 4) is 0 Å². The van der Waals surface area contributed by atoms with E-state index in [4.69, 9.17) is 16.3 Å². The zero-order valence-corrected chi connectivity index (χ0v) is 18.7. The molecular weight excluding hydrogens is 460 g/mol. The molecule has 3 aromatic carbocycles. The zero-order chi connectivity index (χ0) is 24.1. The van der Waals surface area contributed by atoms with Crippen LogP contribution in [0, 0.1) is 10.1 Å². The summed E-state index contributed by atoms with van der Waals surface area (Å²) in [5.41, 5.74) is 1.89. The average molecular weight is 481 g/mol. The van der Waals surface area contributed by atoms with Gasteiger partial charge in [-0.2, -0.15) is 0 Å². The number of amides is 2. The Balaban J connectivity index is 1.55. The minimum Gasteiger partial charge on any atom is -0.378 e. The Kier molecular flexibility index (Phi) is 7.05. The Hall–Kier alpha value is -3.95. The van der Waals surface area contributed by atoms with E-state index in [9.17, 15) is 19.7 Å². The van der Waals surface area contributed by atoms with Crippen LogP contribution in [-0.4, -0.2) is 43.0 Å². The van der Waals surface area contributed by atoms with E-state index in [1.54, 1.807) is 54.6 Å². The van der Waals surface area contributed by atoms with Crippen molar-refractivity contribution < 1.29 is 19.2 Å². The fourth-order valence-electron chi connectivity index (χ4n) is 3.61. The van der Waals surface area contributed by atoms with E-state index in [-0.39, 0.29) is 17.2 Å². The van der Waals surface area contributed by atoms with E-state index in [1.807, 2.05) is 4.90 Å². The molecule has 34 heavy (non-hydrogen) atoms. The van der Waals surface area contributed by atoms with Crippen molar-refractivity contribution in [1.29, 1.82) is 0 Å². The van der Waals surface area contributed by atoms with Crippen LogP contribution in [0.25, 0.3) is 0 Å². The van der Waals surface area contributed by atoms with Gasteiger partial charge >= 0.3 is 0 Å². The van der Waals surface area contributed by atoms with Gasteiger partial charge in [-0.3, -0.25) is 19.7 Å². The van der Waals surface area contributed by atoms with Gasteiger partial charge in [0.05, 0.1) is 29.4 Å². The summed E-state index contributed by atoms with van der Waals surface area (Å²) in [5.74, 6) is -0.845. The number of rotatable bonds is 6. The standard InChI is InChI=1S/C24H21ClN4O5/c25-17-4-1-3-16(13-17)23(30)26-18-5-2-6-19(14-18)27-24(31)21-15-20(29(32)33)7-8-22(21)28-9-11-34-12-10-28/h1-8,13-15H,9-12H2,(H,26,30)(H,27,31). The lowest BCUT2D eigenvalue weighted by molar-refractivity contribution is -0.384. The van der Waals surface area contributed by atoms with Crippen LogP contribution in [0.3, 0.4) is 0 Å². The van der Waals surface area contributed by atoms with Crippen LogP contribution in [0.5, 0.6) is 0 Å². The molecule has 0 unspecified atom stereocenters. The number of benzene rings is 3. The highest BCUT2D eigenvalue weighted by Crippen LogP contribution is 2.28. The van der Waals surface area contributed by atoms with E-state index in [0.717, 1.165) is 0 Å². The van der Waals surface area contributed by atoms with E-state index in [2.05, 4.69) is 10.6 Å². The molecule has 4 rings (SSSR count). The molecule has 0 bridgehead atoms. The lowest BCUT2D eigenvalue weighted by Crippen LogP contribution is -2.37. The predicted molar refractivity (Wildman–Crippen MR) is 130 cm³/mol. The number of hydrogen-bond acceptors (Lipinski definition) is 6. The summed E-state index contributed by atoms with van der Waals surface area (Å²) in [6.07, 6.45) is 0. The summed E-state index contributed by atoms with van der Waals surface area (Å²) < 4.78 is 5.37. The van der Waals surface area contributed by atoms with Gasteiger partial charge in [-0.15, -0.1) is 0 Å². The molecule has 0 aromatic heterocycles. The van der Waals surface area contributed by atoms with Crippen molar-refractivity contribution in [1.82, 2.24) is 0 Å². The third-order valence-electron chi connectivity index (χ3n) is 5.25. The van der Waals surface area contributed by atoms with Crippen LogP contribution < -0.4 is 15.5 Å². The number of halogens is 1. The molecule has 1 aliphatic heterocycles. The summed E-state index contributed by atoms with van der Waals surface area (Å²) >= 11 is 5.95. The highest BCUT2D eigenvalue weighted by atomic mass is 35.5. The molecule has 1 saturated heterocycles. The highest BCUT2D eigenvalue weighted by molar-refractivity contribution is 6.31. The average Bonchev–Trinajstić information content (AvgIpc) is 2.84. The second-order valence-corrected chi connectivity index (χ2v) is 7.99. The molecule has 2 N–H and O–H groups in total. The van der Waals surface area contributed by atoms with Gasteiger partial charge in [0.25, 0.3) is 17.5 Å². The third-order valence-corrected chi connectivity index (χ3v) is 5.49. The maximum absolute atomic E-state index is 13.2. The number of hydrogen-bond donors (Lipinski definition) is 2. The number of nitro benzene ring substituents is 1. The first-order valence-electron chi connectivity index (χ1n) is 10.5. The van der Waals surface area contributed by atoms with Gasteiger partial charge in [-0.1, -0.05) is 23.7 Å². The molecule has 9 nitrogen and oxygen atoms in total. The summed E-state index contributed by atoms with van der Waals surface area (Å²) in [6, 6.07) is 17.4. The quantitative estimate of drug-likeness (QED) is 0.394. The Bertz CT molecular complexity index is 1240. The Labute approximate surface area is 200 Å². The number of nitro groups is 1. The monoisotopic (exact) mass is 480 g/mol. The Morgan fingerprint density at radius 1 is 0.912 bits per heavy atom. The van der Waals surface area contributed by atoms with Crippen LogP contribution in [0.15, 0.2) is 66.7 Å². The molecule has 10 heteroatoms. The molecular formula is C24H21ClN4O5. The van der Waals surface area contributed by atoms with Gasteiger partial charge in [0.1, 0.15) is 0 Å². The summed E-state index contributed by atoms with van der Waals surface area (Å²) in [6.45, 7) is 2.16. The van der Waals surface area contributed by atoms with Gasteiger partial charge in [0.2, 0.25) is 0 Å². The Morgan fingerprint density at radius 3 is 2.26 bits per heavy atom. The second kappa shape index (κ2) is 10.3. The van der Waals surface area contributed by atoms with Crippen molar-refractivity contribution in [2.24, 2.45) is 0 Å². The summed E-state index contributed by atoms with van der Waals surface area (Å²) in [4.78, 5) is 38.4. The van der Waals surface area contributed by atoms with Crippen molar-refractivity contribution in [2.45, 2.75) is 0 Å². The number of morpholine rings is 1. The predicted octanol–water partition coefficient (Wildman–Crippen LogP) is 4.59. The van der Waals surface area contributed by atoms with Crippen molar-refractivity contribution in [3.05, 3.63) is 93.0 Å². The van der Waals surface area contributed by atoms with E-state index in [0.29, 0.717) is 54.0 Å². The van der Waals surface area contributed by atoms with Crippen LogP contribution >= 0.6 is 11.6 Å². The van der Waals surface area contributed by atoms with Crippen molar-refractivity contribution in [3.63, 3.8) is 0 Å². The molecule has 0 atom stereocenters. The fourth-order valence-corrected chi connectivity index (χ4v) is 3.80. The molecule has 3 aromatic rings. The van der Waals surface area contributed by atoms with E-state index in [1.165, 1.54) is 12.1 Å². The number of nitrogens with zero attached hydrogens (tertiary/aromatic N) is 2. The van der Waals surface area contributed by atoms with Crippen LogP contribution in [0.4, 0.5) is 22.7 Å². The van der Waals surface area contributed by atoms with Gasteiger partial charge in [0, 0.05) is 47.2 Å². The van der Waals surface area contributed by atoms with Gasteiger partial charge in [-0.25, -0.2) is 0 Å². The summed E-state index contributed by atoms with van der Waals surface area (Å²) in [7, 11) is 0. The van der Waals surface area contributed by atoms with Gasteiger partial charge < -0.3 is 20.3 Å². The van der Waals surface area contributed by atoms with Crippen LogP contribution in [0.2, 0.25) is 5.02 Å². The smallest absolute Gasteiger partial charge is 0.270 e. The molecule has 0 spiro atoms. The van der Waals surface area contributed by atoms with E-state index < -0.39 is 10.8 Å². The maximum atomic E-state index is 13.2. The molecule has 0 saturated carbocycles. The summed E-state index contributed by atoms with van der Waals surface area (Å²) in [5, 5.41) is 17.3. The first kappa shape index (κ1) is 23.2. The zero-order valence-electron chi connectivity index (χ0n) is 18.0. The molecule has 174 valence electrons.